The van der Waals surface area contributed by atoms with E-state index < -0.39 is 22.3 Å². The fourth-order valence-corrected chi connectivity index (χ4v) is 1.99. The molecule has 1 fully saturated rings. The third kappa shape index (κ3) is 2.11. The summed E-state index contributed by atoms with van der Waals surface area (Å²) < 4.78 is 13.2. The van der Waals surface area contributed by atoms with Gasteiger partial charge in [-0.3, -0.25) is 14.9 Å². The summed E-state index contributed by atoms with van der Waals surface area (Å²) in [5, 5.41) is 10.8. The normalized spacial score (nSPS) is 14.8. The molecule has 1 amide bonds. The molecule has 0 radical (unpaired) electrons. The number of nitro groups is 1. The summed E-state index contributed by atoms with van der Waals surface area (Å²) in [6, 6.07) is 1.73. The third-order valence-corrected chi connectivity index (χ3v) is 2.94. The molecule has 96 valence electrons. The molecule has 0 bridgehead atoms. The average molecular weight is 253 g/mol. The van der Waals surface area contributed by atoms with Crippen molar-refractivity contribution < 1.29 is 14.1 Å². The van der Waals surface area contributed by atoms with E-state index in [2.05, 4.69) is 0 Å². The number of rotatable bonds is 2. The van der Waals surface area contributed by atoms with Crippen LogP contribution < -0.4 is 5.73 Å². The number of anilines is 1. The molecule has 0 aliphatic carbocycles. The highest BCUT2D eigenvalue weighted by atomic mass is 19.1. The van der Waals surface area contributed by atoms with E-state index in [-0.39, 0.29) is 11.3 Å². The molecule has 0 spiro atoms. The number of nitrogen functional groups attached to an aromatic ring is 1. The minimum absolute atomic E-state index is 0.152. The largest absolute Gasteiger partial charge is 0.396 e. The molecule has 1 saturated heterocycles. The first-order chi connectivity index (χ1) is 8.50. The van der Waals surface area contributed by atoms with Crippen molar-refractivity contribution in [3.63, 3.8) is 0 Å². The molecule has 1 aromatic carbocycles. The van der Waals surface area contributed by atoms with Crippen molar-refractivity contribution in [2.24, 2.45) is 0 Å². The van der Waals surface area contributed by atoms with Crippen LogP contribution in [0.15, 0.2) is 12.1 Å². The lowest BCUT2D eigenvalue weighted by molar-refractivity contribution is -0.385. The second-order valence-electron chi connectivity index (χ2n) is 4.15. The van der Waals surface area contributed by atoms with E-state index in [0.29, 0.717) is 19.2 Å². The first-order valence-corrected chi connectivity index (χ1v) is 5.53. The van der Waals surface area contributed by atoms with E-state index in [9.17, 15) is 19.3 Å². The lowest BCUT2D eigenvalue weighted by Crippen LogP contribution is -2.28. The smallest absolute Gasteiger partial charge is 0.285 e. The number of hydrogen-bond acceptors (Lipinski definition) is 4. The lowest BCUT2D eigenvalue weighted by Gasteiger charge is -2.15. The van der Waals surface area contributed by atoms with Crippen molar-refractivity contribution in [2.45, 2.75) is 12.8 Å². The number of hydrogen-bond donors (Lipinski definition) is 1. The lowest BCUT2D eigenvalue weighted by atomic mass is 10.1. The molecule has 2 N–H and O–H groups in total. The zero-order valence-electron chi connectivity index (χ0n) is 9.56. The molecule has 0 saturated carbocycles. The summed E-state index contributed by atoms with van der Waals surface area (Å²) >= 11 is 0. The second kappa shape index (κ2) is 4.59. The van der Waals surface area contributed by atoms with Gasteiger partial charge in [0.25, 0.3) is 11.6 Å². The third-order valence-electron chi connectivity index (χ3n) is 2.94. The van der Waals surface area contributed by atoms with Gasteiger partial charge < -0.3 is 10.6 Å². The predicted octanol–water partition coefficient (Wildman–Crippen LogP) is 1.55. The monoisotopic (exact) mass is 253 g/mol. The number of amides is 1. The molecule has 1 heterocycles. The minimum Gasteiger partial charge on any atom is -0.396 e. The number of carbonyl (C=O) groups excluding carboxylic acids is 1. The Hall–Kier alpha value is -2.18. The molecule has 18 heavy (non-hydrogen) atoms. The zero-order valence-corrected chi connectivity index (χ0v) is 9.56. The topological polar surface area (TPSA) is 89.5 Å². The molecule has 0 atom stereocenters. The Morgan fingerprint density at radius 2 is 2.00 bits per heavy atom. The number of halogens is 1. The first-order valence-electron chi connectivity index (χ1n) is 5.53. The molecule has 1 aromatic rings. The number of nitrogens with zero attached hydrogens (tertiary/aromatic N) is 2. The number of nitro benzene ring substituents is 1. The van der Waals surface area contributed by atoms with Crippen LogP contribution in [0.25, 0.3) is 0 Å². The van der Waals surface area contributed by atoms with Crippen molar-refractivity contribution in [1.82, 2.24) is 4.90 Å². The highest BCUT2D eigenvalue weighted by molar-refractivity contribution is 5.99. The van der Waals surface area contributed by atoms with Crippen LogP contribution >= 0.6 is 0 Å². The summed E-state index contributed by atoms with van der Waals surface area (Å²) in [7, 11) is 0. The molecule has 1 aliphatic heterocycles. The average Bonchev–Trinajstić information content (AvgIpc) is 2.84. The van der Waals surface area contributed by atoms with E-state index in [1.807, 2.05) is 0 Å². The van der Waals surface area contributed by atoms with E-state index in [4.69, 9.17) is 5.73 Å². The van der Waals surface area contributed by atoms with Gasteiger partial charge in [-0.05, 0) is 18.9 Å². The highest BCUT2D eigenvalue weighted by Crippen LogP contribution is 2.26. The maximum Gasteiger partial charge on any atom is 0.285 e. The van der Waals surface area contributed by atoms with Crippen LogP contribution in [-0.4, -0.2) is 28.8 Å². The van der Waals surface area contributed by atoms with E-state index >= 15 is 0 Å². The Morgan fingerprint density at radius 3 is 2.56 bits per heavy atom. The molecule has 0 unspecified atom stereocenters. The van der Waals surface area contributed by atoms with Crippen molar-refractivity contribution in [1.29, 1.82) is 0 Å². The van der Waals surface area contributed by atoms with Crippen LogP contribution in [0.1, 0.15) is 23.2 Å². The summed E-state index contributed by atoms with van der Waals surface area (Å²) in [5.41, 5.74) is 4.40. The summed E-state index contributed by atoms with van der Waals surface area (Å²) in [6.07, 6.45) is 1.74. The molecule has 6 nitrogen and oxygen atoms in total. The van der Waals surface area contributed by atoms with Gasteiger partial charge in [0.15, 0.2) is 5.82 Å². The standard InChI is InChI=1S/C11H12FN3O3/c12-8-6-10(15(17)18)7(5-9(8)13)11(16)14-3-1-2-4-14/h5-6H,1-4,13H2. The van der Waals surface area contributed by atoms with Gasteiger partial charge in [0.1, 0.15) is 5.56 Å². The minimum atomic E-state index is -0.889. The number of nitrogens with two attached hydrogens (primary N) is 1. The van der Waals surface area contributed by atoms with Crippen molar-refractivity contribution in [3.05, 3.63) is 33.6 Å². The van der Waals surface area contributed by atoms with Crippen molar-refractivity contribution in [2.75, 3.05) is 18.8 Å². The Bertz CT molecular complexity index is 513. The van der Waals surface area contributed by atoms with Gasteiger partial charge in [0.2, 0.25) is 0 Å². The second-order valence-corrected chi connectivity index (χ2v) is 4.15. The maximum absolute atomic E-state index is 13.2. The van der Waals surface area contributed by atoms with Gasteiger partial charge in [0.05, 0.1) is 16.7 Å². The van der Waals surface area contributed by atoms with Crippen molar-refractivity contribution in [3.8, 4) is 0 Å². The fourth-order valence-electron chi connectivity index (χ4n) is 1.99. The predicted molar refractivity (Wildman–Crippen MR) is 62.6 cm³/mol. The summed E-state index contributed by atoms with van der Waals surface area (Å²) in [4.78, 5) is 23.7. The molecule has 2 rings (SSSR count). The Kier molecular flexibility index (Phi) is 3.14. The number of carbonyl (C=O) groups is 1. The van der Waals surface area contributed by atoms with Gasteiger partial charge in [-0.25, -0.2) is 4.39 Å². The quantitative estimate of drug-likeness (QED) is 0.492. The molecule has 1 aliphatic rings. The van der Waals surface area contributed by atoms with Gasteiger partial charge in [-0.1, -0.05) is 0 Å². The zero-order chi connectivity index (χ0) is 13.3. The number of benzene rings is 1. The molecule has 7 heteroatoms. The van der Waals surface area contributed by atoms with Crippen LogP contribution in [0.5, 0.6) is 0 Å². The molecule has 0 aromatic heterocycles. The van der Waals surface area contributed by atoms with Crippen LogP contribution in [0.4, 0.5) is 15.8 Å². The van der Waals surface area contributed by atoms with Gasteiger partial charge >= 0.3 is 0 Å². The Morgan fingerprint density at radius 1 is 1.39 bits per heavy atom. The molecular formula is C11H12FN3O3. The van der Waals surface area contributed by atoms with Gasteiger partial charge in [-0.2, -0.15) is 0 Å². The van der Waals surface area contributed by atoms with E-state index in [1.165, 1.54) is 4.90 Å². The van der Waals surface area contributed by atoms with Gasteiger partial charge in [-0.15, -0.1) is 0 Å². The van der Waals surface area contributed by atoms with Crippen LogP contribution in [0.3, 0.4) is 0 Å². The Labute approximate surface area is 102 Å². The van der Waals surface area contributed by atoms with Crippen LogP contribution in [0, 0.1) is 15.9 Å². The maximum atomic E-state index is 13.2. The number of likely N-dealkylation sites (tertiary alicyclic amines) is 1. The first kappa shape index (κ1) is 12.3. The fraction of sp³-hybridized carbons (Fsp3) is 0.364. The molecular weight excluding hydrogens is 241 g/mol. The van der Waals surface area contributed by atoms with Crippen LogP contribution in [0.2, 0.25) is 0 Å². The summed E-state index contributed by atoms with van der Waals surface area (Å²) in [6.45, 7) is 1.13. The SMILES string of the molecule is Nc1cc(C(=O)N2CCCC2)c([N+](=O)[O-])cc1F. The highest BCUT2D eigenvalue weighted by Gasteiger charge is 2.28. The Balaban J connectivity index is 2.44. The van der Waals surface area contributed by atoms with E-state index in [0.717, 1.165) is 18.9 Å². The van der Waals surface area contributed by atoms with Gasteiger partial charge in [0, 0.05) is 13.1 Å². The van der Waals surface area contributed by atoms with Crippen LogP contribution in [-0.2, 0) is 0 Å². The summed E-state index contributed by atoms with van der Waals surface area (Å²) in [5.74, 6) is -1.36. The van der Waals surface area contributed by atoms with Crippen molar-refractivity contribution >= 4 is 17.3 Å². The van der Waals surface area contributed by atoms with E-state index in [1.54, 1.807) is 0 Å².